The number of aryl methyl sites for hydroxylation is 1. The zero-order valence-corrected chi connectivity index (χ0v) is 10.2. The monoisotopic (exact) mass is 245 g/mol. The minimum atomic E-state index is 0.609. The van der Waals surface area contributed by atoms with E-state index in [4.69, 9.17) is 9.47 Å². The van der Waals surface area contributed by atoms with Gasteiger partial charge in [0.15, 0.2) is 11.5 Å². The van der Waals surface area contributed by atoms with Crippen LogP contribution < -0.4 is 14.8 Å². The molecule has 2 heterocycles. The molecule has 0 fully saturated rings. The van der Waals surface area contributed by atoms with Crippen LogP contribution in [0.25, 0.3) is 0 Å². The molecule has 0 saturated carbocycles. The number of fused-ring (bicyclic) bond motifs is 1. The Kier molecular flexibility index (Phi) is 2.80. The summed E-state index contributed by atoms with van der Waals surface area (Å²) in [7, 11) is 1.98. The molecule has 0 bridgehead atoms. The highest BCUT2D eigenvalue weighted by molar-refractivity contribution is 5.55. The second-order valence-electron chi connectivity index (χ2n) is 4.21. The summed E-state index contributed by atoms with van der Waals surface area (Å²) in [5, 5.41) is 3.34. The number of imidazole rings is 1. The van der Waals surface area contributed by atoms with Crippen LogP contribution in [0.3, 0.4) is 0 Å². The molecule has 1 aliphatic heterocycles. The van der Waals surface area contributed by atoms with Crippen molar-refractivity contribution < 1.29 is 9.47 Å². The van der Waals surface area contributed by atoms with Crippen molar-refractivity contribution in [2.75, 3.05) is 18.5 Å². The van der Waals surface area contributed by atoms with Crippen LogP contribution in [0, 0.1) is 0 Å². The zero-order valence-electron chi connectivity index (χ0n) is 10.2. The molecule has 0 radical (unpaired) electrons. The molecule has 1 aromatic carbocycles. The van der Waals surface area contributed by atoms with E-state index in [0.29, 0.717) is 13.2 Å². The molecule has 1 N–H and O–H groups in total. The second kappa shape index (κ2) is 4.60. The lowest BCUT2D eigenvalue weighted by atomic mass is 10.2. The van der Waals surface area contributed by atoms with E-state index in [0.717, 1.165) is 29.4 Å². The molecule has 5 heteroatoms. The van der Waals surface area contributed by atoms with E-state index in [1.807, 2.05) is 36.0 Å². The van der Waals surface area contributed by atoms with E-state index in [1.54, 1.807) is 6.33 Å². The van der Waals surface area contributed by atoms with Crippen LogP contribution in [0.1, 0.15) is 5.69 Å². The molecule has 0 atom stereocenters. The van der Waals surface area contributed by atoms with Crippen molar-refractivity contribution in [1.82, 2.24) is 9.55 Å². The second-order valence-corrected chi connectivity index (χ2v) is 4.21. The average molecular weight is 245 g/mol. The highest BCUT2D eigenvalue weighted by Crippen LogP contribution is 2.32. The molecule has 0 unspecified atom stereocenters. The standard InChI is InChI=1S/C13H15N3O2/c1-16-9-14-7-11(16)8-15-10-2-3-12-13(6-10)18-5-4-17-12/h2-3,6-7,9,15H,4-5,8H2,1H3. The van der Waals surface area contributed by atoms with E-state index in [2.05, 4.69) is 10.3 Å². The largest absolute Gasteiger partial charge is 0.486 e. The molecule has 3 rings (SSSR count). The quantitative estimate of drug-likeness (QED) is 0.895. The molecule has 5 nitrogen and oxygen atoms in total. The van der Waals surface area contributed by atoms with Crippen molar-refractivity contribution >= 4 is 5.69 Å². The molecule has 18 heavy (non-hydrogen) atoms. The summed E-state index contributed by atoms with van der Waals surface area (Å²) in [6.45, 7) is 1.96. The van der Waals surface area contributed by atoms with E-state index >= 15 is 0 Å². The zero-order chi connectivity index (χ0) is 12.4. The van der Waals surface area contributed by atoms with Gasteiger partial charge in [-0.3, -0.25) is 0 Å². The van der Waals surface area contributed by atoms with Crippen molar-refractivity contribution in [1.29, 1.82) is 0 Å². The number of benzene rings is 1. The average Bonchev–Trinajstić information content (AvgIpc) is 2.82. The minimum absolute atomic E-state index is 0.609. The van der Waals surface area contributed by atoms with Gasteiger partial charge in [0.05, 0.1) is 18.6 Å². The number of rotatable bonds is 3. The molecule has 2 aromatic rings. The first-order valence-corrected chi connectivity index (χ1v) is 5.91. The Morgan fingerprint density at radius 3 is 2.89 bits per heavy atom. The number of aromatic nitrogens is 2. The summed E-state index contributed by atoms with van der Waals surface area (Å²) in [5.74, 6) is 1.61. The van der Waals surface area contributed by atoms with Gasteiger partial charge in [-0.1, -0.05) is 0 Å². The van der Waals surface area contributed by atoms with Gasteiger partial charge in [-0.05, 0) is 12.1 Å². The normalized spacial score (nSPS) is 13.4. The highest BCUT2D eigenvalue weighted by Gasteiger charge is 2.11. The predicted molar refractivity (Wildman–Crippen MR) is 68.0 cm³/mol. The third-order valence-corrected chi connectivity index (χ3v) is 2.93. The maximum Gasteiger partial charge on any atom is 0.163 e. The minimum Gasteiger partial charge on any atom is -0.486 e. The third kappa shape index (κ3) is 2.11. The summed E-state index contributed by atoms with van der Waals surface area (Å²) < 4.78 is 13.0. The van der Waals surface area contributed by atoms with Gasteiger partial charge >= 0.3 is 0 Å². The molecule has 94 valence electrons. The van der Waals surface area contributed by atoms with Gasteiger partial charge in [-0.15, -0.1) is 0 Å². The fourth-order valence-corrected chi connectivity index (χ4v) is 1.90. The van der Waals surface area contributed by atoms with Crippen molar-refractivity contribution in [2.24, 2.45) is 7.05 Å². The van der Waals surface area contributed by atoms with Crippen LogP contribution in [-0.4, -0.2) is 22.8 Å². The van der Waals surface area contributed by atoms with E-state index in [-0.39, 0.29) is 0 Å². The number of hydrogen-bond acceptors (Lipinski definition) is 4. The Morgan fingerprint density at radius 2 is 2.11 bits per heavy atom. The summed E-state index contributed by atoms with van der Waals surface area (Å²) >= 11 is 0. The number of nitrogens with zero attached hydrogens (tertiary/aromatic N) is 2. The fraction of sp³-hybridized carbons (Fsp3) is 0.308. The first-order chi connectivity index (χ1) is 8.83. The lowest BCUT2D eigenvalue weighted by molar-refractivity contribution is 0.171. The van der Waals surface area contributed by atoms with E-state index in [9.17, 15) is 0 Å². The Bertz CT molecular complexity index is 551. The number of nitrogens with one attached hydrogen (secondary N) is 1. The van der Waals surface area contributed by atoms with E-state index < -0.39 is 0 Å². The molecular formula is C13H15N3O2. The van der Waals surface area contributed by atoms with Gasteiger partial charge in [0.1, 0.15) is 13.2 Å². The molecular weight excluding hydrogens is 230 g/mol. The lowest BCUT2D eigenvalue weighted by Crippen LogP contribution is -2.15. The fourth-order valence-electron chi connectivity index (χ4n) is 1.90. The molecule has 0 amide bonds. The smallest absolute Gasteiger partial charge is 0.163 e. The van der Waals surface area contributed by atoms with Gasteiger partial charge in [0.2, 0.25) is 0 Å². The van der Waals surface area contributed by atoms with Gasteiger partial charge in [-0.2, -0.15) is 0 Å². The Hall–Kier alpha value is -2.17. The highest BCUT2D eigenvalue weighted by atomic mass is 16.6. The van der Waals surface area contributed by atoms with Gasteiger partial charge < -0.3 is 19.4 Å². The van der Waals surface area contributed by atoms with Crippen LogP contribution in [0.2, 0.25) is 0 Å². The molecule has 0 spiro atoms. The summed E-state index contributed by atoms with van der Waals surface area (Å²) in [4.78, 5) is 4.08. The van der Waals surface area contributed by atoms with Crippen LogP contribution in [0.5, 0.6) is 11.5 Å². The number of ether oxygens (including phenoxy) is 2. The predicted octanol–water partition coefficient (Wildman–Crippen LogP) is 1.80. The van der Waals surface area contributed by atoms with Gasteiger partial charge in [-0.25, -0.2) is 4.98 Å². The van der Waals surface area contributed by atoms with Crippen molar-refractivity contribution in [3.05, 3.63) is 36.4 Å². The molecule has 1 aromatic heterocycles. The lowest BCUT2D eigenvalue weighted by Gasteiger charge is -2.19. The summed E-state index contributed by atoms with van der Waals surface area (Å²) in [6, 6.07) is 5.88. The Morgan fingerprint density at radius 1 is 1.28 bits per heavy atom. The van der Waals surface area contributed by atoms with Gasteiger partial charge in [0, 0.05) is 25.0 Å². The maximum absolute atomic E-state index is 5.54. The molecule has 0 saturated heterocycles. The van der Waals surface area contributed by atoms with E-state index in [1.165, 1.54) is 0 Å². The number of anilines is 1. The van der Waals surface area contributed by atoms with Crippen LogP contribution >= 0.6 is 0 Å². The van der Waals surface area contributed by atoms with Crippen molar-refractivity contribution in [2.45, 2.75) is 6.54 Å². The summed E-state index contributed by atoms with van der Waals surface area (Å²) in [5.41, 5.74) is 2.14. The van der Waals surface area contributed by atoms with Crippen molar-refractivity contribution in [3.8, 4) is 11.5 Å². The topological polar surface area (TPSA) is 48.3 Å². The van der Waals surface area contributed by atoms with Crippen molar-refractivity contribution in [3.63, 3.8) is 0 Å². The van der Waals surface area contributed by atoms with Crippen LogP contribution in [0.4, 0.5) is 5.69 Å². The molecule has 0 aliphatic carbocycles. The van der Waals surface area contributed by atoms with Crippen LogP contribution in [0.15, 0.2) is 30.7 Å². The van der Waals surface area contributed by atoms with Gasteiger partial charge in [0.25, 0.3) is 0 Å². The first kappa shape index (κ1) is 11.0. The third-order valence-electron chi connectivity index (χ3n) is 2.93. The first-order valence-electron chi connectivity index (χ1n) is 5.91. The maximum atomic E-state index is 5.54. The summed E-state index contributed by atoms with van der Waals surface area (Å²) in [6.07, 6.45) is 3.64. The number of hydrogen-bond donors (Lipinski definition) is 1. The molecule has 1 aliphatic rings. The Labute approximate surface area is 105 Å². The van der Waals surface area contributed by atoms with Crippen LogP contribution in [-0.2, 0) is 13.6 Å². The Balaban J connectivity index is 1.71. The SMILES string of the molecule is Cn1cncc1CNc1ccc2c(c1)OCCO2.